The van der Waals surface area contributed by atoms with Gasteiger partial charge in [0.25, 0.3) is 5.91 Å². The first-order chi connectivity index (χ1) is 15.1. The summed E-state index contributed by atoms with van der Waals surface area (Å²) < 4.78 is 0. The van der Waals surface area contributed by atoms with Gasteiger partial charge < -0.3 is 15.1 Å². The van der Waals surface area contributed by atoms with E-state index in [9.17, 15) is 9.59 Å². The summed E-state index contributed by atoms with van der Waals surface area (Å²) in [5.41, 5.74) is 2.45. The number of hydrogen-bond acceptors (Lipinski definition) is 5. The van der Waals surface area contributed by atoms with Gasteiger partial charge in [0.05, 0.1) is 6.54 Å². The number of carbonyl (C=O) groups is 2. The molecule has 2 aliphatic heterocycles. The topological polar surface area (TPSA) is 55.9 Å². The minimum Gasteiger partial charge on any atom is -0.369 e. The van der Waals surface area contributed by atoms with Crippen LogP contribution in [0.5, 0.6) is 0 Å². The van der Waals surface area contributed by atoms with Crippen LogP contribution in [0.1, 0.15) is 10.4 Å². The van der Waals surface area contributed by atoms with Gasteiger partial charge in [0.15, 0.2) is 0 Å². The van der Waals surface area contributed by atoms with E-state index in [1.165, 1.54) is 0 Å². The number of hydrogen-bond donors (Lipinski definition) is 1. The summed E-state index contributed by atoms with van der Waals surface area (Å²) in [6.07, 6.45) is 0. The van der Waals surface area contributed by atoms with Gasteiger partial charge in [-0.3, -0.25) is 14.5 Å². The number of rotatable bonds is 5. The lowest BCUT2D eigenvalue weighted by Gasteiger charge is -2.35. The van der Waals surface area contributed by atoms with Gasteiger partial charge in [0.2, 0.25) is 5.91 Å². The van der Waals surface area contributed by atoms with Gasteiger partial charge in [-0.1, -0.05) is 17.7 Å². The van der Waals surface area contributed by atoms with E-state index in [1.807, 2.05) is 59.1 Å². The number of nitrogens with one attached hydrogen (secondary N) is 1. The molecule has 164 valence electrons. The highest BCUT2D eigenvalue weighted by molar-refractivity contribution is 7.99. The molecular formula is C23H27ClN4O2S. The van der Waals surface area contributed by atoms with Gasteiger partial charge in [-0.05, 0) is 42.5 Å². The van der Waals surface area contributed by atoms with Crippen LogP contribution in [0.25, 0.3) is 0 Å². The monoisotopic (exact) mass is 458 g/mol. The van der Waals surface area contributed by atoms with Crippen molar-refractivity contribution in [2.24, 2.45) is 0 Å². The smallest absolute Gasteiger partial charge is 0.253 e. The van der Waals surface area contributed by atoms with Gasteiger partial charge in [-0.25, -0.2) is 0 Å². The quantitative estimate of drug-likeness (QED) is 0.745. The summed E-state index contributed by atoms with van der Waals surface area (Å²) >= 11 is 7.85. The lowest BCUT2D eigenvalue weighted by molar-refractivity contribution is -0.117. The molecule has 0 atom stereocenters. The van der Waals surface area contributed by atoms with Crippen molar-refractivity contribution in [2.45, 2.75) is 0 Å². The van der Waals surface area contributed by atoms with Crippen LogP contribution in [0, 0.1) is 0 Å². The number of nitrogens with zero attached hydrogens (tertiary/aromatic N) is 3. The first kappa shape index (κ1) is 22.0. The summed E-state index contributed by atoms with van der Waals surface area (Å²) in [5.74, 6) is 1.94. The van der Waals surface area contributed by atoms with Gasteiger partial charge in [0.1, 0.15) is 0 Å². The molecule has 0 spiro atoms. The summed E-state index contributed by atoms with van der Waals surface area (Å²) in [7, 11) is 0. The molecule has 2 saturated heterocycles. The summed E-state index contributed by atoms with van der Waals surface area (Å²) in [5, 5.41) is 3.69. The molecule has 0 unspecified atom stereocenters. The third-order valence-electron chi connectivity index (χ3n) is 5.62. The van der Waals surface area contributed by atoms with Crippen molar-refractivity contribution in [1.82, 2.24) is 9.80 Å². The van der Waals surface area contributed by atoms with Gasteiger partial charge in [0, 0.05) is 72.7 Å². The Morgan fingerprint density at radius 1 is 0.935 bits per heavy atom. The van der Waals surface area contributed by atoms with Crippen LogP contribution in [-0.4, -0.2) is 78.9 Å². The second-order valence-corrected chi connectivity index (χ2v) is 9.43. The standard InChI is InChI=1S/C23H27ClN4O2S/c24-19-4-6-21(7-5-19)27-10-8-26(9-11-27)17-22(29)25-20-3-1-2-18(16-20)23(30)28-12-14-31-15-13-28/h1-7,16H,8-15,17H2,(H,25,29). The van der Waals surface area contributed by atoms with E-state index >= 15 is 0 Å². The Hall–Kier alpha value is -2.22. The Morgan fingerprint density at radius 3 is 2.35 bits per heavy atom. The largest absolute Gasteiger partial charge is 0.369 e. The molecule has 31 heavy (non-hydrogen) atoms. The van der Waals surface area contributed by atoms with Crippen LogP contribution in [0.3, 0.4) is 0 Å². The SMILES string of the molecule is O=C(CN1CCN(c2ccc(Cl)cc2)CC1)Nc1cccc(C(=O)N2CCSCC2)c1. The molecule has 2 fully saturated rings. The third-order valence-corrected chi connectivity index (χ3v) is 6.82. The number of thioether (sulfide) groups is 1. The van der Waals surface area contributed by atoms with Crippen molar-refractivity contribution in [1.29, 1.82) is 0 Å². The lowest BCUT2D eigenvalue weighted by atomic mass is 10.1. The molecule has 0 aromatic heterocycles. The van der Waals surface area contributed by atoms with Crippen molar-refractivity contribution >= 4 is 46.6 Å². The van der Waals surface area contributed by atoms with Gasteiger partial charge >= 0.3 is 0 Å². The zero-order valence-corrected chi connectivity index (χ0v) is 19.0. The Morgan fingerprint density at radius 2 is 1.65 bits per heavy atom. The Bertz CT molecular complexity index is 910. The highest BCUT2D eigenvalue weighted by atomic mass is 35.5. The molecule has 2 aromatic carbocycles. The molecule has 6 nitrogen and oxygen atoms in total. The molecule has 0 radical (unpaired) electrons. The van der Waals surface area contributed by atoms with Crippen LogP contribution < -0.4 is 10.2 Å². The molecule has 2 amide bonds. The predicted molar refractivity (Wildman–Crippen MR) is 128 cm³/mol. The molecule has 0 aliphatic carbocycles. The Kier molecular flexibility index (Phi) is 7.37. The second-order valence-electron chi connectivity index (χ2n) is 7.77. The molecule has 1 N–H and O–H groups in total. The highest BCUT2D eigenvalue weighted by Gasteiger charge is 2.21. The Balaban J connectivity index is 1.27. The van der Waals surface area contributed by atoms with Crippen LogP contribution in [0.15, 0.2) is 48.5 Å². The van der Waals surface area contributed by atoms with Crippen LogP contribution in [0.4, 0.5) is 11.4 Å². The fraction of sp³-hybridized carbons (Fsp3) is 0.391. The van der Waals surface area contributed by atoms with Crippen LogP contribution >= 0.6 is 23.4 Å². The van der Waals surface area contributed by atoms with Crippen LogP contribution in [0.2, 0.25) is 5.02 Å². The summed E-state index contributed by atoms with van der Waals surface area (Å²) in [4.78, 5) is 31.6. The van der Waals surface area contributed by atoms with E-state index in [0.717, 1.165) is 61.5 Å². The second kappa shape index (κ2) is 10.4. The summed E-state index contributed by atoms with van der Waals surface area (Å²) in [6.45, 7) is 5.28. The number of piperazine rings is 1. The number of carbonyl (C=O) groups excluding carboxylic acids is 2. The minimum atomic E-state index is -0.0566. The van der Waals surface area contributed by atoms with E-state index < -0.39 is 0 Å². The number of amides is 2. The van der Waals surface area contributed by atoms with Gasteiger partial charge in [-0.15, -0.1) is 0 Å². The predicted octanol–water partition coefficient (Wildman–Crippen LogP) is 3.29. The maximum Gasteiger partial charge on any atom is 0.253 e. The van der Waals surface area contributed by atoms with E-state index in [2.05, 4.69) is 15.1 Å². The zero-order chi connectivity index (χ0) is 21.6. The molecule has 8 heteroatoms. The van der Waals surface area contributed by atoms with E-state index in [4.69, 9.17) is 11.6 Å². The average Bonchev–Trinajstić information content (AvgIpc) is 2.80. The minimum absolute atomic E-state index is 0.0368. The number of halogens is 1. The van der Waals surface area contributed by atoms with E-state index in [-0.39, 0.29) is 11.8 Å². The maximum atomic E-state index is 12.7. The first-order valence-electron chi connectivity index (χ1n) is 10.6. The molecule has 2 aromatic rings. The molecule has 0 bridgehead atoms. The number of benzene rings is 2. The van der Waals surface area contributed by atoms with E-state index in [0.29, 0.717) is 17.8 Å². The zero-order valence-electron chi connectivity index (χ0n) is 17.4. The van der Waals surface area contributed by atoms with Crippen molar-refractivity contribution in [2.75, 3.05) is 67.5 Å². The fourth-order valence-electron chi connectivity index (χ4n) is 3.90. The van der Waals surface area contributed by atoms with Gasteiger partial charge in [-0.2, -0.15) is 11.8 Å². The normalized spacial score (nSPS) is 17.5. The van der Waals surface area contributed by atoms with Crippen molar-refractivity contribution in [3.8, 4) is 0 Å². The molecule has 0 saturated carbocycles. The van der Waals surface area contributed by atoms with Crippen molar-refractivity contribution in [3.63, 3.8) is 0 Å². The molecule has 2 heterocycles. The molecule has 2 aliphatic rings. The molecular weight excluding hydrogens is 432 g/mol. The first-order valence-corrected chi connectivity index (χ1v) is 12.1. The summed E-state index contributed by atoms with van der Waals surface area (Å²) in [6, 6.07) is 15.1. The van der Waals surface area contributed by atoms with Crippen LogP contribution in [-0.2, 0) is 4.79 Å². The fourth-order valence-corrected chi connectivity index (χ4v) is 4.93. The number of anilines is 2. The third kappa shape index (κ3) is 5.93. The molecule has 4 rings (SSSR count). The Labute approximate surface area is 192 Å². The van der Waals surface area contributed by atoms with E-state index in [1.54, 1.807) is 6.07 Å². The lowest BCUT2D eigenvalue weighted by Crippen LogP contribution is -2.48. The van der Waals surface area contributed by atoms with Crippen molar-refractivity contribution in [3.05, 3.63) is 59.1 Å². The highest BCUT2D eigenvalue weighted by Crippen LogP contribution is 2.20. The average molecular weight is 459 g/mol. The maximum absolute atomic E-state index is 12.7. The van der Waals surface area contributed by atoms with Crippen molar-refractivity contribution < 1.29 is 9.59 Å².